The number of carbonyl (C=O) groups is 2. The third kappa shape index (κ3) is 4.22. The van der Waals surface area contributed by atoms with Crippen molar-refractivity contribution in [2.45, 2.75) is 13.8 Å². The zero-order valence-corrected chi connectivity index (χ0v) is 16.1. The third-order valence-corrected chi connectivity index (χ3v) is 4.93. The molecule has 2 amide bonds. The second-order valence-electron chi connectivity index (χ2n) is 5.73. The maximum atomic E-state index is 12.5. The van der Waals surface area contributed by atoms with E-state index in [1.54, 1.807) is 9.58 Å². The molecular formula is C19H21N5O2S. The molecule has 0 atom stereocenters. The summed E-state index contributed by atoms with van der Waals surface area (Å²) in [4.78, 5) is 31.6. The molecule has 3 aromatic rings. The molecule has 0 aliphatic heterocycles. The van der Waals surface area contributed by atoms with Crippen molar-refractivity contribution < 1.29 is 9.59 Å². The van der Waals surface area contributed by atoms with Gasteiger partial charge < -0.3 is 10.2 Å². The number of aromatic nitrogens is 3. The molecule has 0 saturated carbocycles. The van der Waals surface area contributed by atoms with Crippen LogP contribution in [-0.4, -0.2) is 51.1 Å². The molecule has 27 heavy (non-hydrogen) atoms. The molecule has 1 N–H and O–H groups in total. The van der Waals surface area contributed by atoms with E-state index in [2.05, 4.69) is 15.4 Å². The van der Waals surface area contributed by atoms with Crippen LogP contribution in [0, 0.1) is 0 Å². The van der Waals surface area contributed by atoms with Crippen LogP contribution in [0.3, 0.4) is 0 Å². The number of para-hydroxylation sites is 1. The van der Waals surface area contributed by atoms with E-state index in [4.69, 9.17) is 0 Å². The molecule has 2 heterocycles. The fourth-order valence-corrected chi connectivity index (χ4v) is 3.34. The number of nitrogens with one attached hydrogen (secondary N) is 1. The van der Waals surface area contributed by atoms with E-state index in [0.717, 1.165) is 10.6 Å². The average Bonchev–Trinajstić information content (AvgIpc) is 3.37. The molecule has 0 saturated heterocycles. The first-order valence-corrected chi connectivity index (χ1v) is 9.64. The fourth-order valence-electron chi connectivity index (χ4n) is 2.65. The Labute approximate surface area is 161 Å². The predicted molar refractivity (Wildman–Crippen MR) is 105 cm³/mol. The van der Waals surface area contributed by atoms with Crippen LogP contribution in [0.2, 0.25) is 0 Å². The van der Waals surface area contributed by atoms with Gasteiger partial charge in [0.1, 0.15) is 0 Å². The Morgan fingerprint density at radius 2 is 1.85 bits per heavy atom. The van der Waals surface area contributed by atoms with E-state index in [9.17, 15) is 9.59 Å². The minimum atomic E-state index is -0.469. The number of likely N-dealkylation sites (N-methyl/N-ethyl adjacent to an activating group) is 1. The van der Waals surface area contributed by atoms with E-state index < -0.39 is 5.91 Å². The summed E-state index contributed by atoms with van der Waals surface area (Å²) in [5.41, 5.74) is 0.812. The standard InChI is InChI=1S/C19H21N5O2S/c1-3-23(4-2)16(25)13-20-19(26)17-21-18(15-11-8-12-27-15)24(22-17)14-9-6-5-7-10-14/h5-12H,3-4,13H2,1-2H3,(H,20,26). The number of hydrogen-bond donors (Lipinski definition) is 1. The lowest BCUT2D eigenvalue weighted by Gasteiger charge is -2.18. The molecule has 7 nitrogen and oxygen atoms in total. The van der Waals surface area contributed by atoms with Gasteiger partial charge in [0.25, 0.3) is 5.91 Å². The van der Waals surface area contributed by atoms with E-state index in [1.165, 1.54) is 11.3 Å². The Hall–Kier alpha value is -3.00. The first kappa shape index (κ1) is 18.8. The molecule has 0 spiro atoms. The van der Waals surface area contributed by atoms with Gasteiger partial charge in [-0.25, -0.2) is 9.67 Å². The maximum absolute atomic E-state index is 12.5. The molecule has 2 aromatic heterocycles. The Bertz CT molecular complexity index is 902. The van der Waals surface area contributed by atoms with Crippen molar-refractivity contribution in [3.63, 3.8) is 0 Å². The summed E-state index contributed by atoms with van der Waals surface area (Å²) in [5.74, 6) is 0.0309. The van der Waals surface area contributed by atoms with Crippen LogP contribution in [0.25, 0.3) is 16.4 Å². The number of benzene rings is 1. The molecular weight excluding hydrogens is 362 g/mol. The highest BCUT2D eigenvalue weighted by atomic mass is 32.1. The van der Waals surface area contributed by atoms with Crippen molar-refractivity contribution in [3.05, 3.63) is 53.7 Å². The lowest BCUT2D eigenvalue weighted by atomic mass is 10.3. The highest BCUT2D eigenvalue weighted by molar-refractivity contribution is 7.13. The Kier molecular flexibility index (Phi) is 5.97. The Morgan fingerprint density at radius 1 is 1.11 bits per heavy atom. The molecule has 0 bridgehead atoms. The van der Waals surface area contributed by atoms with Crippen molar-refractivity contribution in [1.29, 1.82) is 0 Å². The van der Waals surface area contributed by atoms with Crippen molar-refractivity contribution in [1.82, 2.24) is 25.0 Å². The highest BCUT2D eigenvalue weighted by Gasteiger charge is 2.20. The zero-order chi connectivity index (χ0) is 19.2. The summed E-state index contributed by atoms with van der Waals surface area (Å²) in [6.07, 6.45) is 0. The quantitative estimate of drug-likeness (QED) is 0.680. The SMILES string of the molecule is CCN(CC)C(=O)CNC(=O)c1nc(-c2cccs2)n(-c2ccccc2)n1. The Morgan fingerprint density at radius 3 is 2.48 bits per heavy atom. The van der Waals surface area contributed by atoms with Crippen LogP contribution >= 0.6 is 11.3 Å². The van der Waals surface area contributed by atoms with Gasteiger partial charge in [0.05, 0.1) is 17.1 Å². The van der Waals surface area contributed by atoms with Crippen LogP contribution in [0.5, 0.6) is 0 Å². The van der Waals surface area contributed by atoms with E-state index >= 15 is 0 Å². The summed E-state index contributed by atoms with van der Waals surface area (Å²) in [5, 5.41) is 8.94. The summed E-state index contributed by atoms with van der Waals surface area (Å²) in [6.45, 7) is 4.94. The average molecular weight is 383 g/mol. The molecule has 0 radical (unpaired) electrons. The first-order valence-electron chi connectivity index (χ1n) is 8.76. The van der Waals surface area contributed by atoms with Crippen LogP contribution in [0.1, 0.15) is 24.5 Å². The lowest BCUT2D eigenvalue weighted by molar-refractivity contribution is -0.129. The van der Waals surface area contributed by atoms with Crippen molar-refractivity contribution in [2.75, 3.05) is 19.6 Å². The van der Waals surface area contributed by atoms with Crippen molar-refractivity contribution in [3.8, 4) is 16.4 Å². The minimum absolute atomic E-state index is 0.0367. The van der Waals surface area contributed by atoms with Crippen LogP contribution in [0.4, 0.5) is 0 Å². The summed E-state index contributed by atoms with van der Waals surface area (Å²) in [6, 6.07) is 13.4. The monoisotopic (exact) mass is 383 g/mol. The van der Waals surface area contributed by atoms with Crippen LogP contribution in [-0.2, 0) is 4.79 Å². The minimum Gasteiger partial charge on any atom is -0.342 e. The molecule has 0 aliphatic carbocycles. The van der Waals surface area contributed by atoms with Gasteiger partial charge in [-0.15, -0.1) is 16.4 Å². The van der Waals surface area contributed by atoms with Crippen LogP contribution in [0.15, 0.2) is 47.8 Å². The molecule has 0 unspecified atom stereocenters. The van der Waals surface area contributed by atoms with Gasteiger partial charge >= 0.3 is 0 Å². The van der Waals surface area contributed by atoms with Gasteiger partial charge in [-0.2, -0.15) is 0 Å². The Balaban J connectivity index is 1.84. The van der Waals surface area contributed by atoms with Gasteiger partial charge in [-0.1, -0.05) is 24.3 Å². The van der Waals surface area contributed by atoms with E-state index in [0.29, 0.717) is 18.9 Å². The maximum Gasteiger partial charge on any atom is 0.291 e. The smallest absolute Gasteiger partial charge is 0.291 e. The second kappa shape index (κ2) is 8.59. The summed E-state index contributed by atoms with van der Waals surface area (Å²) < 4.78 is 1.65. The fraction of sp³-hybridized carbons (Fsp3) is 0.263. The number of amides is 2. The molecule has 8 heteroatoms. The third-order valence-electron chi connectivity index (χ3n) is 4.07. The molecule has 140 valence electrons. The molecule has 0 aliphatic rings. The lowest BCUT2D eigenvalue weighted by Crippen LogP contribution is -2.40. The van der Waals surface area contributed by atoms with E-state index in [1.807, 2.05) is 61.7 Å². The van der Waals surface area contributed by atoms with Gasteiger partial charge in [0, 0.05) is 13.1 Å². The van der Waals surface area contributed by atoms with E-state index in [-0.39, 0.29) is 18.3 Å². The summed E-state index contributed by atoms with van der Waals surface area (Å²) in [7, 11) is 0. The van der Waals surface area contributed by atoms with Gasteiger partial charge in [-0.05, 0) is 37.4 Å². The molecule has 1 aromatic carbocycles. The van der Waals surface area contributed by atoms with Crippen LogP contribution < -0.4 is 5.32 Å². The largest absolute Gasteiger partial charge is 0.342 e. The normalized spacial score (nSPS) is 10.6. The highest BCUT2D eigenvalue weighted by Crippen LogP contribution is 2.25. The zero-order valence-electron chi connectivity index (χ0n) is 15.3. The predicted octanol–water partition coefficient (Wildman–Crippen LogP) is 2.59. The number of rotatable bonds is 7. The second-order valence-corrected chi connectivity index (χ2v) is 6.68. The number of thiophene rings is 1. The first-order chi connectivity index (χ1) is 13.1. The molecule has 3 rings (SSSR count). The number of hydrogen-bond acceptors (Lipinski definition) is 5. The van der Waals surface area contributed by atoms with Gasteiger partial charge in [0.15, 0.2) is 5.82 Å². The molecule has 0 fully saturated rings. The van der Waals surface area contributed by atoms with Gasteiger partial charge in [-0.3, -0.25) is 9.59 Å². The number of carbonyl (C=O) groups excluding carboxylic acids is 2. The van der Waals surface area contributed by atoms with Crippen molar-refractivity contribution >= 4 is 23.2 Å². The van der Waals surface area contributed by atoms with Gasteiger partial charge in [0.2, 0.25) is 11.7 Å². The van der Waals surface area contributed by atoms with Crippen molar-refractivity contribution in [2.24, 2.45) is 0 Å². The summed E-state index contributed by atoms with van der Waals surface area (Å²) >= 11 is 1.52. The topological polar surface area (TPSA) is 80.1 Å². The number of nitrogens with zero attached hydrogens (tertiary/aromatic N) is 4.